The lowest BCUT2D eigenvalue weighted by molar-refractivity contribution is -0.103. The predicted molar refractivity (Wildman–Crippen MR) is 48.0 cm³/mol. The van der Waals surface area contributed by atoms with Gasteiger partial charge in [0.2, 0.25) is 0 Å². The summed E-state index contributed by atoms with van der Waals surface area (Å²) in [5.41, 5.74) is 0.874. The Hall–Kier alpha value is -1.11. The summed E-state index contributed by atoms with van der Waals surface area (Å²) in [6.07, 6.45) is 0.591. The molecule has 1 heterocycles. The number of carbonyl (C=O) groups is 1. The highest BCUT2D eigenvalue weighted by molar-refractivity contribution is 7.10. The maximum absolute atomic E-state index is 9.92. The first-order valence-electron chi connectivity index (χ1n) is 3.38. The van der Waals surface area contributed by atoms with E-state index in [-0.39, 0.29) is 0 Å². The van der Waals surface area contributed by atoms with Crippen LogP contribution in [0.3, 0.4) is 0 Å². The summed E-state index contributed by atoms with van der Waals surface area (Å²) in [6, 6.07) is 1.92. The Bertz CT molecular complexity index is 317. The number of aldehydes is 1. The molecule has 0 aliphatic heterocycles. The lowest BCUT2D eigenvalue weighted by Crippen LogP contribution is -1.80. The first-order valence-corrected chi connectivity index (χ1v) is 4.26. The summed E-state index contributed by atoms with van der Waals surface area (Å²) < 4.78 is 4.94. The van der Waals surface area contributed by atoms with Crippen molar-refractivity contribution in [2.45, 2.75) is 6.61 Å². The van der Waals surface area contributed by atoms with Crippen molar-refractivity contribution in [1.82, 2.24) is 0 Å². The lowest BCUT2D eigenvalue weighted by Gasteiger charge is -1.89. The smallest absolute Gasteiger partial charge is 0.193 e. The molecule has 62 valence electrons. The Balaban J connectivity index is 2.70. The van der Waals surface area contributed by atoms with E-state index in [2.05, 4.69) is 11.8 Å². The summed E-state index contributed by atoms with van der Waals surface area (Å²) in [4.78, 5) is 11.0. The van der Waals surface area contributed by atoms with Gasteiger partial charge in [0.25, 0.3) is 0 Å². The largest absolute Gasteiger partial charge is 0.379 e. The van der Waals surface area contributed by atoms with Crippen LogP contribution in [0.25, 0.3) is 0 Å². The van der Waals surface area contributed by atoms with E-state index >= 15 is 0 Å². The van der Waals surface area contributed by atoms with Gasteiger partial charge in [-0.05, 0) is 12.0 Å². The fraction of sp³-hybridized carbons (Fsp3) is 0.222. The van der Waals surface area contributed by atoms with Gasteiger partial charge >= 0.3 is 0 Å². The Morgan fingerprint density at radius 1 is 1.75 bits per heavy atom. The molecule has 0 N–H and O–H groups in total. The molecule has 0 radical (unpaired) electrons. The van der Waals surface area contributed by atoms with Crippen LogP contribution in [0, 0.1) is 11.8 Å². The molecule has 0 aromatic carbocycles. The molecule has 0 aliphatic carbocycles. The van der Waals surface area contributed by atoms with Crippen molar-refractivity contribution < 1.29 is 9.53 Å². The average molecular weight is 180 g/mol. The van der Waals surface area contributed by atoms with Crippen molar-refractivity contribution >= 4 is 17.6 Å². The minimum atomic E-state index is 0.591. The predicted octanol–water partition coefficient (Wildman–Crippen LogP) is 1.44. The molecule has 1 rings (SSSR count). The van der Waals surface area contributed by atoms with Crippen LogP contribution >= 0.6 is 11.3 Å². The summed E-state index contributed by atoms with van der Waals surface area (Å²) >= 11 is 1.58. The van der Waals surface area contributed by atoms with Crippen molar-refractivity contribution in [3.05, 3.63) is 21.9 Å². The molecule has 0 amide bonds. The Labute approximate surface area is 75.2 Å². The molecule has 0 saturated heterocycles. The van der Waals surface area contributed by atoms with E-state index in [1.54, 1.807) is 18.4 Å². The highest BCUT2D eigenvalue weighted by Crippen LogP contribution is 2.14. The van der Waals surface area contributed by atoms with Crippen LogP contribution < -0.4 is 0 Å². The third-order valence-corrected chi connectivity index (χ3v) is 2.13. The van der Waals surface area contributed by atoms with Gasteiger partial charge in [-0.25, -0.2) is 0 Å². The van der Waals surface area contributed by atoms with Crippen molar-refractivity contribution in [1.29, 1.82) is 0 Å². The standard InChI is InChI=1S/C9H8O2S/c1-11-6-9-5-8(7-12-9)3-2-4-10/h4-5,7H,6H2,1H3. The second-order valence-electron chi connectivity index (χ2n) is 2.12. The molecule has 0 spiro atoms. The number of carbonyl (C=O) groups excluding carboxylic acids is 1. The first-order chi connectivity index (χ1) is 5.86. The van der Waals surface area contributed by atoms with Gasteiger partial charge in [0.1, 0.15) is 0 Å². The van der Waals surface area contributed by atoms with Crippen molar-refractivity contribution in [3.63, 3.8) is 0 Å². The van der Waals surface area contributed by atoms with Crippen LogP contribution in [0.4, 0.5) is 0 Å². The van der Waals surface area contributed by atoms with E-state index in [0.29, 0.717) is 12.9 Å². The molecule has 0 bridgehead atoms. The molecular formula is C9H8O2S. The van der Waals surface area contributed by atoms with Crippen LogP contribution in [0.15, 0.2) is 11.4 Å². The fourth-order valence-electron chi connectivity index (χ4n) is 0.777. The molecular weight excluding hydrogens is 172 g/mol. The summed E-state index contributed by atoms with van der Waals surface area (Å²) in [5, 5.41) is 1.91. The lowest BCUT2D eigenvalue weighted by atomic mass is 10.3. The minimum absolute atomic E-state index is 0.591. The Morgan fingerprint density at radius 2 is 2.58 bits per heavy atom. The molecule has 0 atom stereocenters. The van der Waals surface area contributed by atoms with E-state index in [0.717, 1.165) is 10.4 Å². The minimum Gasteiger partial charge on any atom is -0.379 e. The number of hydrogen-bond acceptors (Lipinski definition) is 3. The molecule has 0 saturated carbocycles. The zero-order chi connectivity index (χ0) is 8.81. The molecule has 12 heavy (non-hydrogen) atoms. The molecule has 3 heteroatoms. The average Bonchev–Trinajstić information content (AvgIpc) is 2.50. The summed E-state index contributed by atoms with van der Waals surface area (Å²) in [6.45, 7) is 0.605. The van der Waals surface area contributed by atoms with Crippen LogP contribution in [-0.4, -0.2) is 13.4 Å². The number of rotatable bonds is 2. The SMILES string of the molecule is COCc1cc(C#CC=O)cs1. The Kier molecular flexibility index (Phi) is 3.52. The third-order valence-electron chi connectivity index (χ3n) is 1.22. The normalized spacial score (nSPS) is 8.75. The number of ether oxygens (including phenoxy) is 1. The maximum Gasteiger partial charge on any atom is 0.193 e. The fourth-order valence-corrected chi connectivity index (χ4v) is 1.56. The number of thiophene rings is 1. The van der Waals surface area contributed by atoms with Gasteiger partial charge in [0.15, 0.2) is 6.29 Å². The molecule has 0 aliphatic rings. The van der Waals surface area contributed by atoms with E-state index in [1.165, 1.54) is 0 Å². The molecule has 0 unspecified atom stereocenters. The molecule has 0 fully saturated rings. The quantitative estimate of drug-likeness (QED) is 0.508. The van der Waals surface area contributed by atoms with E-state index in [1.807, 2.05) is 11.4 Å². The van der Waals surface area contributed by atoms with Gasteiger partial charge < -0.3 is 4.74 Å². The maximum atomic E-state index is 9.92. The van der Waals surface area contributed by atoms with Gasteiger partial charge in [-0.2, -0.15) is 0 Å². The number of methoxy groups -OCH3 is 1. The van der Waals surface area contributed by atoms with E-state index in [4.69, 9.17) is 4.74 Å². The number of hydrogen-bond donors (Lipinski definition) is 0. The van der Waals surface area contributed by atoms with Gasteiger partial charge in [-0.3, -0.25) is 4.79 Å². The van der Waals surface area contributed by atoms with E-state index < -0.39 is 0 Å². The monoisotopic (exact) mass is 180 g/mol. The highest BCUT2D eigenvalue weighted by atomic mass is 32.1. The van der Waals surface area contributed by atoms with Crippen LogP contribution in [0.2, 0.25) is 0 Å². The molecule has 1 aromatic rings. The topological polar surface area (TPSA) is 26.3 Å². The van der Waals surface area contributed by atoms with Crippen LogP contribution in [0.5, 0.6) is 0 Å². The zero-order valence-corrected chi connectivity index (χ0v) is 7.48. The van der Waals surface area contributed by atoms with E-state index in [9.17, 15) is 4.79 Å². The van der Waals surface area contributed by atoms with Crippen molar-refractivity contribution in [2.75, 3.05) is 7.11 Å². The second kappa shape index (κ2) is 4.70. The Morgan fingerprint density at radius 3 is 3.25 bits per heavy atom. The molecule has 1 aromatic heterocycles. The second-order valence-corrected chi connectivity index (χ2v) is 3.12. The van der Waals surface area contributed by atoms with Crippen LogP contribution in [-0.2, 0) is 16.1 Å². The van der Waals surface area contributed by atoms with Gasteiger partial charge in [0, 0.05) is 22.9 Å². The first kappa shape index (κ1) is 8.98. The summed E-state index contributed by atoms with van der Waals surface area (Å²) in [5.74, 6) is 5.07. The van der Waals surface area contributed by atoms with Crippen LogP contribution in [0.1, 0.15) is 10.4 Å². The highest BCUT2D eigenvalue weighted by Gasteiger charge is 1.95. The van der Waals surface area contributed by atoms with Crippen molar-refractivity contribution in [2.24, 2.45) is 0 Å². The zero-order valence-electron chi connectivity index (χ0n) is 6.66. The summed E-state index contributed by atoms with van der Waals surface area (Å²) in [7, 11) is 1.65. The van der Waals surface area contributed by atoms with Gasteiger partial charge in [-0.1, -0.05) is 5.92 Å². The third kappa shape index (κ3) is 2.50. The van der Waals surface area contributed by atoms with Gasteiger partial charge in [0.05, 0.1) is 6.61 Å². The van der Waals surface area contributed by atoms with Crippen molar-refractivity contribution in [3.8, 4) is 11.8 Å². The molecule has 2 nitrogen and oxygen atoms in total. The van der Waals surface area contributed by atoms with Gasteiger partial charge in [-0.15, -0.1) is 11.3 Å².